The van der Waals surface area contributed by atoms with Gasteiger partial charge in [-0.25, -0.2) is 13.4 Å². The number of aromatic nitrogens is 1. The van der Waals surface area contributed by atoms with Crippen molar-refractivity contribution in [2.75, 3.05) is 44.2 Å². The number of thiazole rings is 1. The van der Waals surface area contributed by atoms with E-state index in [4.69, 9.17) is 16.6 Å². The van der Waals surface area contributed by atoms with E-state index in [9.17, 15) is 13.2 Å². The number of aryl methyl sites for hydroxylation is 1. The first kappa shape index (κ1) is 27.8. The largest absolute Gasteiger partial charge is 0.345 e. The molecule has 1 amide bonds. The van der Waals surface area contributed by atoms with E-state index in [1.807, 2.05) is 24.0 Å². The first-order valence-electron chi connectivity index (χ1n) is 13.0. The molecule has 0 bridgehead atoms. The second kappa shape index (κ2) is 12.1. The van der Waals surface area contributed by atoms with E-state index in [1.54, 1.807) is 39.9 Å². The van der Waals surface area contributed by atoms with Crippen LogP contribution in [0.15, 0.2) is 41.3 Å². The molecule has 37 heavy (non-hydrogen) atoms. The summed E-state index contributed by atoms with van der Waals surface area (Å²) < 4.78 is 29.1. The lowest BCUT2D eigenvalue weighted by molar-refractivity contribution is 0.0746. The molecule has 7 nitrogen and oxygen atoms in total. The van der Waals surface area contributed by atoms with Crippen molar-refractivity contribution in [1.29, 1.82) is 0 Å². The fraction of sp³-hybridized carbons (Fsp3) is 0.481. The van der Waals surface area contributed by atoms with Crippen LogP contribution in [0.5, 0.6) is 0 Å². The van der Waals surface area contributed by atoms with E-state index in [1.165, 1.54) is 0 Å². The molecule has 2 heterocycles. The highest BCUT2D eigenvalue weighted by molar-refractivity contribution is 7.89. The standard InChI is InChI=1S/C27H35ClN4O3S2/c1-4-6-14-32(15-7-5-2)37(34,35)22-10-8-21(9-11-22)26(33)30-16-18-31(19-17-30)27-29-25-20(3)23(28)12-13-24(25)36-27/h8-13H,4-7,14-19H2,1-3H3. The Labute approximate surface area is 229 Å². The van der Waals surface area contributed by atoms with Crippen LogP contribution < -0.4 is 4.90 Å². The normalized spacial score (nSPS) is 14.6. The highest BCUT2D eigenvalue weighted by atomic mass is 35.5. The molecule has 0 aliphatic carbocycles. The van der Waals surface area contributed by atoms with Crippen LogP contribution in [-0.4, -0.2) is 67.8 Å². The van der Waals surface area contributed by atoms with Crippen molar-refractivity contribution in [1.82, 2.24) is 14.2 Å². The summed E-state index contributed by atoms with van der Waals surface area (Å²) in [6.07, 6.45) is 3.53. The number of carbonyl (C=O) groups excluding carboxylic acids is 1. The van der Waals surface area contributed by atoms with Crippen LogP contribution in [0, 0.1) is 6.92 Å². The van der Waals surface area contributed by atoms with Crippen molar-refractivity contribution in [3.8, 4) is 0 Å². The zero-order valence-electron chi connectivity index (χ0n) is 21.7. The van der Waals surface area contributed by atoms with Gasteiger partial charge in [0, 0.05) is 49.9 Å². The van der Waals surface area contributed by atoms with Crippen LogP contribution in [0.4, 0.5) is 5.13 Å². The predicted molar refractivity (Wildman–Crippen MR) is 153 cm³/mol. The maximum atomic E-state index is 13.2. The number of hydrogen-bond donors (Lipinski definition) is 0. The van der Waals surface area contributed by atoms with Gasteiger partial charge in [0.15, 0.2) is 5.13 Å². The molecule has 0 atom stereocenters. The Hall–Kier alpha value is -2.20. The van der Waals surface area contributed by atoms with Crippen LogP contribution in [0.25, 0.3) is 10.2 Å². The summed E-state index contributed by atoms with van der Waals surface area (Å²) >= 11 is 7.90. The lowest BCUT2D eigenvalue weighted by atomic mass is 10.2. The molecule has 1 aromatic heterocycles. The van der Waals surface area contributed by atoms with Crippen molar-refractivity contribution in [3.63, 3.8) is 0 Å². The number of sulfonamides is 1. The van der Waals surface area contributed by atoms with Crippen molar-refractivity contribution in [2.24, 2.45) is 0 Å². The van der Waals surface area contributed by atoms with Gasteiger partial charge in [0.25, 0.3) is 5.91 Å². The molecule has 2 aromatic carbocycles. The molecule has 3 aromatic rings. The second-order valence-corrected chi connectivity index (χ2v) is 12.8. The van der Waals surface area contributed by atoms with Crippen molar-refractivity contribution >= 4 is 54.2 Å². The Balaban J connectivity index is 1.40. The molecule has 1 aliphatic rings. The van der Waals surface area contributed by atoms with E-state index < -0.39 is 10.0 Å². The molecule has 0 radical (unpaired) electrons. The number of benzene rings is 2. The summed E-state index contributed by atoms with van der Waals surface area (Å²) in [6.45, 7) is 9.67. The topological polar surface area (TPSA) is 73.8 Å². The molecular formula is C27H35ClN4O3S2. The number of anilines is 1. The molecule has 1 saturated heterocycles. The second-order valence-electron chi connectivity index (χ2n) is 9.43. The van der Waals surface area contributed by atoms with Gasteiger partial charge in [0.1, 0.15) is 0 Å². The van der Waals surface area contributed by atoms with Crippen molar-refractivity contribution in [3.05, 3.63) is 52.5 Å². The summed E-state index contributed by atoms with van der Waals surface area (Å²) in [5.74, 6) is -0.0793. The zero-order valence-corrected chi connectivity index (χ0v) is 24.1. The number of nitrogens with zero attached hydrogens (tertiary/aromatic N) is 4. The van der Waals surface area contributed by atoms with Crippen LogP contribution in [0.2, 0.25) is 5.02 Å². The highest BCUT2D eigenvalue weighted by Gasteiger charge is 2.26. The van der Waals surface area contributed by atoms with Crippen LogP contribution in [0.1, 0.15) is 55.5 Å². The predicted octanol–water partition coefficient (Wildman–Crippen LogP) is 5.81. The van der Waals surface area contributed by atoms with Gasteiger partial charge in [0.2, 0.25) is 10.0 Å². The SMILES string of the molecule is CCCCN(CCCC)S(=O)(=O)c1ccc(C(=O)N2CCN(c3nc4c(C)c(Cl)ccc4s3)CC2)cc1. The van der Waals surface area contributed by atoms with E-state index in [-0.39, 0.29) is 10.8 Å². The van der Waals surface area contributed by atoms with E-state index in [2.05, 4.69) is 18.7 Å². The molecular weight excluding hydrogens is 528 g/mol. The van der Waals surface area contributed by atoms with Gasteiger partial charge in [-0.2, -0.15) is 4.31 Å². The van der Waals surface area contributed by atoms with Crippen LogP contribution in [0.3, 0.4) is 0 Å². The van der Waals surface area contributed by atoms with E-state index in [0.29, 0.717) is 49.9 Å². The molecule has 0 saturated carbocycles. The Kier molecular flexibility index (Phi) is 9.11. The zero-order chi connectivity index (χ0) is 26.6. The Morgan fingerprint density at radius 2 is 1.62 bits per heavy atom. The lowest BCUT2D eigenvalue weighted by Crippen LogP contribution is -2.48. The summed E-state index contributed by atoms with van der Waals surface area (Å²) in [5, 5.41) is 1.66. The maximum absolute atomic E-state index is 13.2. The van der Waals surface area contributed by atoms with Gasteiger partial charge in [-0.05, 0) is 61.7 Å². The first-order chi connectivity index (χ1) is 17.8. The monoisotopic (exact) mass is 562 g/mol. The number of halogens is 1. The summed E-state index contributed by atoms with van der Waals surface area (Å²) in [4.78, 5) is 22.2. The lowest BCUT2D eigenvalue weighted by Gasteiger charge is -2.34. The molecule has 10 heteroatoms. The number of amides is 1. The molecule has 1 aliphatic heterocycles. The van der Waals surface area contributed by atoms with Crippen molar-refractivity contribution in [2.45, 2.75) is 51.3 Å². The third-order valence-corrected chi connectivity index (χ3v) is 10.2. The maximum Gasteiger partial charge on any atom is 0.253 e. The molecule has 200 valence electrons. The number of piperazine rings is 1. The van der Waals surface area contributed by atoms with Gasteiger partial charge < -0.3 is 9.80 Å². The molecule has 0 unspecified atom stereocenters. The van der Waals surface area contributed by atoms with Gasteiger partial charge in [0.05, 0.1) is 15.1 Å². The fourth-order valence-electron chi connectivity index (χ4n) is 4.45. The molecule has 0 N–H and O–H groups in total. The highest BCUT2D eigenvalue weighted by Crippen LogP contribution is 2.34. The van der Waals surface area contributed by atoms with Gasteiger partial charge in [-0.1, -0.05) is 49.6 Å². The van der Waals surface area contributed by atoms with E-state index in [0.717, 1.165) is 46.6 Å². The number of unbranched alkanes of at least 4 members (excludes halogenated alkanes) is 2. The number of fused-ring (bicyclic) bond motifs is 1. The summed E-state index contributed by atoms with van der Waals surface area (Å²) in [7, 11) is -3.58. The van der Waals surface area contributed by atoms with Crippen LogP contribution >= 0.6 is 22.9 Å². The summed E-state index contributed by atoms with van der Waals surface area (Å²) in [6, 6.07) is 10.3. The van der Waals surface area contributed by atoms with E-state index >= 15 is 0 Å². The smallest absolute Gasteiger partial charge is 0.253 e. The van der Waals surface area contributed by atoms with Crippen molar-refractivity contribution < 1.29 is 13.2 Å². The number of carbonyl (C=O) groups is 1. The third-order valence-electron chi connectivity index (χ3n) is 6.84. The number of rotatable bonds is 10. The van der Waals surface area contributed by atoms with Gasteiger partial charge in [-0.3, -0.25) is 4.79 Å². The minimum atomic E-state index is -3.58. The molecule has 0 spiro atoms. The van der Waals surface area contributed by atoms with Gasteiger partial charge >= 0.3 is 0 Å². The average Bonchev–Trinajstić information content (AvgIpc) is 3.36. The Bertz CT molecular complexity index is 1330. The number of hydrogen-bond acceptors (Lipinski definition) is 6. The fourth-order valence-corrected chi connectivity index (χ4v) is 7.19. The molecule has 4 rings (SSSR count). The average molecular weight is 563 g/mol. The minimum Gasteiger partial charge on any atom is -0.345 e. The third kappa shape index (κ3) is 6.11. The van der Waals surface area contributed by atoms with Crippen LogP contribution in [-0.2, 0) is 10.0 Å². The Morgan fingerprint density at radius 1 is 1.00 bits per heavy atom. The molecule has 1 fully saturated rings. The quantitative estimate of drug-likeness (QED) is 0.312. The summed E-state index contributed by atoms with van der Waals surface area (Å²) in [5.41, 5.74) is 2.43. The van der Waals surface area contributed by atoms with Gasteiger partial charge in [-0.15, -0.1) is 0 Å². The Morgan fingerprint density at radius 3 is 2.22 bits per heavy atom. The minimum absolute atomic E-state index is 0.0793. The first-order valence-corrected chi connectivity index (χ1v) is 15.6.